The van der Waals surface area contributed by atoms with Crippen LogP contribution >= 0.6 is 12.6 Å². The van der Waals surface area contributed by atoms with E-state index in [0.717, 1.165) is 13.1 Å². The molecular formula is C11H22N2OS. The number of carbonyl (C=O) groups is 1. The fourth-order valence-electron chi connectivity index (χ4n) is 2.22. The molecule has 1 aliphatic rings. The first kappa shape index (κ1) is 12.8. The summed E-state index contributed by atoms with van der Waals surface area (Å²) in [7, 11) is 1.90. The van der Waals surface area contributed by atoms with Gasteiger partial charge >= 0.3 is 0 Å². The maximum atomic E-state index is 11.6. The molecular weight excluding hydrogens is 208 g/mol. The molecule has 0 aromatic carbocycles. The van der Waals surface area contributed by atoms with Crippen LogP contribution in [0.5, 0.6) is 0 Å². The minimum absolute atomic E-state index is 0.216. The van der Waals surface area contributed by atoms with Gasteiger partial charge in [-0.25, -0.2) is 0 Å². The highest BCUT2D eigenvalue weighted by Gasteiger charge is 2.25. The number of hydrogen-bond donors (Lipinski definition) is 1. The number of likely N-dealkylation sites (N-methyl/N-ethyl adjacent to an activating group) is 2. The second-order valence-corrected chi connectivity index (χ2v) is 4.62. The smallest absolute Gasteiger partial charge is 0.223 e. The molecule has 0 aliphatic carbocycles. The van der Waals surface area contributed by atoms with E-state index in [-0.39, 0.29) is 5.91 Å². The number of likely N-dealkylation sites (tertiary alicyclic amines) is 1. The van der Waals surface area contributed by atoms with Crippen LogP contribution in [0, 0.1) is 0 Å². The highest BCUT2D eigenvalue weighted by Crippen LogP contribution is 2.17. The molecule has 15 heavy (non-hydrogen) atoms. The van der Waals surface area contributed by atoms with Crippen LogP contribution in [0.4, 0.5) is 0 Å². The topological polar surface area (TPSA) is 23.6 Å². The number of rotatable bonds is 5. The van der Waals surface area contributed by atoms with Crippen LogP contribution in [0.15, 0.2) is 0 Å². The number of amides is 1. The first-order valence-corrected chi connectivity index (χ1v) is 6.41. The Labute approximate surface area is 98.2 Å². The lowest BCUT2D eigenvalue weighted by Crippen LogP contribution is -2.41. The number of carbonyl (C=O) groups excluding carboxylic acids is 1. The molecule has 1 fully saturated rings. The van der Waals surface area contributed by atoms with Gasteiger partial charge in [-0.05, 0) is 31.7 Å². The summed E-state index contributed by atoms with van der Waals surface area (Å²) < 4.78 is 0. The molecule has 0 bridgehead atoms. The minimum atomic E-state index is 0.216. The van der Waals surface area contributed by atoms with E-state index in [9.17, 15) is 4.79 Å². The van der Waals surface area contributed by atoms with Gasteiger partial charge in [0.2, 0.25) is 5.91 Å². The quantitative estimate of drug-likeness (QED) is 0.719. The highest BCUT2D eigenvalue weighted by molar-refractivity contribution is 7.80. The monoisotopic (exact) mass is 230 g/mol. The fourth-order valence-corrected chi connectivity index (χ4v) is 2.41. The first-order chi connectivity index (χ1) is 7.19. The summed E-state index contributed by atoms with van der Waals surface area (Å²) in [6, 6.07) is 0.573. The van der Waals surface area contributed by atoms with Crippen molar-refractivity contribution in [3.8, 4) is 0 Å². The van der Waals surface area contributed by atoms with Crippen molar-refractivity contribution in [2.45, 2.75) is 32.2 Å². The molecule has 0 aromatic rings. The maximum Gasteiger partial charge on any atom is 0.223 e. The molecule has 1 unspecified atom stereocenters. The van der Waals surface area contributed by atoms with Crippen LogP contribution in [-0.4, -0.2) is 54.2 Å². The summed E-state index contributed by atoms with van der Waals surface area (Å²) >= 11 is 4.08. The zero-order valence-corrected chi connectivity index (χ0v) is 10.7. The average Bonchev–Trinajstić information content (AvgIpc) is 2.65. The van der Waals surface area contributed by atoms with E-state index in [4.69, 9.17) is 0 Å². The minimum Gasteiger partial charge on any atom is -0.344 e. The zero-order chi connectivity index (χ0) is 11.3. The molecule has 1 atom stereocenters. The van der Waals surface area contributed by atoms with Crippen LogP contribution in [0.3, 0.4) is 0 Å². The molecule has 1 amide bonds. The molecule has 0 radical (unpaired) electrons. The zero-order valence-electron chi connectivity index (χ0n) is 9.78. The van der Waals surface area contributed by atoms with Gasteiger partial charge in [0, 0.05) is 26.1 Å². The van der Waals surface area contributed by atoms with Crippen molar-refractivity contribution in [2.24, 2.45) is 0 Å². The van der Waals surface area contributed by atoms with Crippen LogP contribution in [0.25, 0.3) is 0 Å². The lowest BCUT2D eigenvalue weighted by molar-refractivity contribution is -0.130. The van der Waals surface area contributed by atoms with Crippen LogP contribution in [0.1, 0.15) is 26.2 Å². The number of hydrogen-bond acceptors (Lipinski definition) is 3. The van der Waals surface area contributed by atoms with Crippen molar-refractivity contribution in [1.29, 1.82) is 0 Å². The number of thiol groups is 1. The Morgan fingerprint density at radius 2 is 2.33 bits per heavy atom. The Balaban J connectivity index is 2.36. The van der Waals surface area contributed by atoms with Crippen molar-refractivity contribution in [1.82, 2.24) is 9.80 Å². The summed E-state index contributed by atoms with van der Waals surface area (Å²) in [6.45, 7) is 5.35. The van der Waals surface area contributed by atoms with Crippen LogP contribution < -0.4 is 0 Å². The molecule has 1 heterocycles. The largest absolute Gasteiger partial charge is 0.344 e. The van der Waals surface area contributed by atoms with Crippen molar-refractivity contribution in [3.05, 3.63) is 0 Å². The van der Waals surface area contributed by atoms with E-state index < -0.39 is 0 Å². The Hall–Kier alpha value is -0.220. The van der Waals surface area contributed by atoms with Gasteiger partial charge in [-0.3, -0.25) is 9.69 Å². The maximum absolute atomic E-state index is 11.6. The number of nitrogens with zero attached hydrogens (tertiary/aromatic N) is 2. The molecule has 0 aromatic heterocycles. The van der Waals surface area contributed by atoms with Crippen molar-refractivity contribution in [3.63, 3.8) is 0 Å². The Morgan fingerprint density at radius 3 is 2.93 bits per heavy atom. The van der Waals surface area contributed by atoms with Gasteiger partial charge < -0.3 is 4.90 Å². The lowest BCUT2D eigenvalue weighted by atomic mass is 10.2. The summed E-state index contributed by atoms with van der Waals surface area (Å²) in [5.41, 5.74) is 0. The molecule has 1 saturated heterocycles. The van der Waals surface area contributed by atoms with E-state index in [1.54, 1.807) is 0 Å². The molecule has 88 valence electrons. The standard InChI is InChI=1S/C11H22N2OS/c1-3-13-7-4-5-10(13)9-12(2)11(14)6-8-15/h10,15H,3-9H2,1-2H3. The van der Waals surface area contributed by atoms with Crippen molar-refractivity contribution in [2.75, 3.05) is 32.4 Å². The summed E-state index contributed by atoms with van der Waals surface area (Å²) in [5, 5.41) is 0. The van der Waals surface area contributed by atoms with Gasteiger partial charge in [0.05, 0.1) is 0 Å². The van der Waals surface area contributed by atoms with Crippen LogP contribution in [-0.2, 0) is 4.79 Å². The van der Waals surface area contributed by atoms with E-state index in [2.05, 4.69) is 24.5 Å². The van der Waals surface area contributed by atoms with E-state index in [0.29, 0.717) is 18.2 Å². The second-order valence-electron chi connectivity index (χ2n) is 4.17. The summed E-state index contributed by atoms with van der Waals surface area (Å²) in [4.78, 5) is 15.9. The van der Waals surface area contributed by atoms with Gasteiger partial charge in [0.1, 0.15) is 0 Å². The van der Waals surface area contributed by atoms with Crippen LogP contribution in [0.2, 0.25) is 0 Å². The van der Waals surface area contributed by atoms with Gasteiger partial charge in [-0.2, -0.15) is 12.6 Å². The van der Waals surface area contributed by atoms with E-state index in [1.165, 1.54) is 19.4 Å². The highest BCUT2D eigenvalue weighted by atomic mass is 32.1. The molecule has 1 aliphatic heterocycles. The molecule has 1 rings (SSSR count). The molecule has 0 spiro atoms. The summed E-state index contributed by atoms with van der Waals surface area (Å²) in [6.07, 6.45) is 3.05. The molecule has 0 N–H and O–H groups in total. The fraction of sp³-hybridized carbons (Fsp3) is 0.909. The first-order valence-electron chi connectivity index (χ1n) is 5.78. The van der Waals surface area contributed by atoms with E-state index in [1.807, 2.05) is 11.9 Å². The van der Waals surface area contributed by atoms with Crippen molar-refractivity contribution >= 4 is 18.5 Å². The van der Waals surface area contributed by atoms with Gasteiger partial charge in [0.15, 0.2) is 0 Å². The molecule has 4 heteroatoms. The second kappa shape index (κ2) is 6.38. The van der Waals surface area contributed by atoms with Gasteiger partial charge in [-0.1, -0.05) is 6.92 Å². The van der Waals surface area contributed by atoms with Gasteiger partial charge in [-0.15, -0.1) is 0 Å². The molecule has 3 nitrogen and oxygen atoms in total. The van der Waals surface area contributed by atoms with Crippen molar-refractivity contribution < 1.29 is 4.79 Å². The third kappa shape index (κ3) is 3.68. The van der Waals surface area contributed by atoms with Gasteiger partial charge in [0.25, 0.3) is 0 Å². The normalized spacial score (nSPS) is 21.9. The molecule has 0 saturated carbocycles. The Morgan fingerprint density at radius 1 is 1.60 bits per heavy atom. The van der Waals surface area contributed by atoms with E-state index >= 15 is 0 Å². The Bertz CT molecular complexity index is 211. The predicted molar refractivity (Wildman–Crippen MR) is 66.4 cm³/mol. The predicted octanol–water partition coefficient (Wildman–Crippen LogP) is 1.25. The lowest BCUT2D eigenvalue weighted by Gasteiger charge is -2.27. The Kier molecular flexibility index (Phi) is 5.47. The SMILES string of the molecule is CCN1CCCC1CN(C)C(=O)CCS. The summed E-state index contributed by atoms with van der Waals surface area (Å²) in [5.74, 6) is 0.860. The third-order valence-corrected chi connectivity index (χ3v) is 3.36. The average molecular weight is 230 g/mol. The third-order valence-electron chi connectivity index (χ3n) is 3.14.